The van der Waals surface area contributed by atoms with Gasteiger partial charge in [0.2, 0.25) is 0 Å². The highest BCUT2D eigenvalue weighted by Gasteiger charge is 2.65. The summed E-state index contributed by atoms with van der Waals surface area (Å²) in [5, 5.41) is 0. The number of esters is 1. The molecule has 6 aliphatic rings. The van der Waals surface area contributed by atoms with Crippen LogP contribution in [0, 0.1) is 40.4 Å². The molecule has 3 heteroatoms. The quantitative estimate of drug-likeness (QED) is 0.583. The monoisotopic (exact) mass is 382 g/mol. The molecule has 28 heavy (non-hydrogen) atoms. The maximum absolute atomic E-state index is 12.2. The highest BCUT2D eigenvalue weighted by Crippen LogP contribution is 2.72. The van der Waals surface area contributed by atoms with Crippen LogP contribution in [0.1, 0.15) is 84.0 Å². The number of allylic oxidation sites excluding steroid dienone is 2. The van der Waals surface area contributed by atoms with Gasteiger partial charge in [0.15, 0.2) is 5.78 Å². The zero-order valence-corrected chi connectivity index (χ0v) is 17.3. The largest absolute Gasteiger partial charge is 0.462 e. The molecule has 1 spiro atoms. The van der Waals surface area contributed by atoms with Crippen LogP contribution in [0.15, 0.2) is 11.6 Å². The summed E-state index contributed by atoms with van der Waals surface area (Å²) in [6.45, 7) is 2.41. The highest BCUT2D eigenvalue weighted by atomic mass is 16.5. The first-order chi connectivity index (χ1) is 13.6. The van der Waals surface area contributed by atoms with Crippen molar-refractivity contribution in [3.63, 3.8) is 0 Å². The minimum atomic E-state index is 0.0484. The molecule has 1 heterocycles. The Morgan fingerprint density at radius 3 is 2.68 bits per heavy atom. The van der Waals surface area contributed by atoms with Crippen LogP contribution in [-0.2, 0) is 14.3 Å². The number of carbonyl (C=O) groups is 2. The summed E-state index contributed by atoms with van der Waals surface area (Å²) in [5.41, 5.74) is 2.37. The molecule has 0 N–H and O–H groups in total. The van der Waals surface area contributed by atoms with Crippen LogP contribution in [0.25, 0.3) is 0 Å². The van der Waals surface area contributed by atoms with Crippen LogP contribution in [0.2, 0.25) is 0 Å². The minimum absolute atomic E-state index is 0.0484. The second-order valence-corrected chi connectivity index (χ2v) is 11.1. The molecule has 3 nitrogen and oxygen atoms in total. The van der Waals surface area contributed by atoms with Crippen molar-refractivity contribution in [3.05, 3.63) is 11.6 Å². The molecule has 0 aromatic carbocycles. The third-order valence-electron chi connectivity index (χ3n) is 10.0. The number of hydrogen-bond donors (Lipinski definition) is 0. The molecule has 5 aliphatic carbocycles. The van der Waals surface area contributed by atoms with E-state index in [4.69, 9.17) is 4.74 Å². The number of ether oxygens (including phenoxy) is 1. The lowest BCUT2D eigenvalue weighted by atomic mass is 9.46. The fourth-order valence-electron chi connectivity index (χ4n) is 8.51. The van der Waals surface area contributed by atoms with Crippen molar-refractivity contribution >= 4 is 11.8 Å². The molecule has 0 aromatic heterocycles. The molecule has 5 unspecified atom stereocenters. The van der Waals surface area contributed by atoms with Crippen LogP contribution in [0.5, 0.6) is 0 Å². The zero-order valence-electron chi connectivity index (χ0n) is 17.3. The Kier molecular flexibility index (Phi) is 3.77. The van der Waals surface area contributed by atoms with E-state index in [9.17, 15) is 9.59 Å². The number of hydrogen-bond acceptors (Lipinski definition) is 3. The Balaban J connectivity index is 1.39. The van der Waals surface area contributed by atoms with Crippen molar-refractivity contribution in [3.8, 4) is 0 Å². The maximum atomic E-state index is 12.2. The zero-order chi connectivity index (χ0) is 19.1. The number of fused-ring (bicyclic) bond motifs is 8. The van der Waals surface area contributed by atoms with Gasteiger partial charge in [-0.1, -0.05) is 18.9 Å². The van der Waals surface area contributed by atoms with E-state index in [1.807, 2.05) is 0 Å². The van der Waals surface area contributed by atoms with Gasteiger partial charge in [-0.05, 0) is 98.4 Å². The molecule has 1 saturated heterocycles. The molecular formula is C25H34O3. The Labute approximate surface area is 168 Å². The predicted octanol–water partition coefficient (Wildman–Crippen LogP) is 5.23. The summed E-state index contributed by atoms with van der Waals surface area (Å²) in [6.07, 6.45) is 16.0. The number of ketones is 1. The fraction of sp³-hybridized carbons (Fsp3) is 0.840. The minimum Gasteiger partial charge on any atom is -0.462 e. The van der Waals surface area contributed by atoms with Crippen molar-refractivity contribution < 1.29 is 14.3 Å². The first-order valence-electron chi connectivity index (χ1n) is 12.0. The molecule has 5 fully saturated rings. The first-order valence-corrected chi connectivity index (χ1v) is 12.0. The second kappa shape index (κ2) is 5.95. The number of carbonyl (C=O) groups excluding carboxylic acids is 2. The van der Waals surface area contributed by atoms with Gasteiger partial charge in [-0.25, -0.2) is 0 Å². The van der Waals surface area contributed by atoms with Gasteiger partial charge in [0.25, 0.3) is 0 Å². The molecule has 1 aliphatic heterocycles. The van der Waals surface area contributed by atoms with E-state index in [-0.39, 0.29) is 12.1 Å². The Hall–Kier alpha value is -1.12. The SMILES string of the molecule is CCC12CCCC(=O)O[C@@H]3C[C@@H]3C1C1CC3(CC3)C3=CC(=O)CCC3C1CC2. The van der Waals surface area contributed by atoms with E-state index in [1.165, 1.54) is 44.9 Å². The third kappa shape index (κ3) is 2.46. The summed E-state index contributed by atoms with van der Waals surface area (Å²) in [4.78, 5) is 24.4. The first kappa shape index (κ1) is 17.7. The summed E-state index contributed by atoms with van der Waals surface area (Å²) < 4.78 is 5.86. The summed E-state index contributed by atoms with van der Waals surface area (Å²) >= 11 is 0. The van der Waals surface area contributed by atoms with Gasteiger partial charge in [0, 0.05) is 18.8 Å². The third-order valence-corrected chi connectivity index (χ3v) is 10.0. The van der Waals surface area contributed by atoms with Crippen molar-refractivity contribution in [1.29, 1.82) is 0 Å². The van der Waals surface area contributed by atoms with E-state index in [0.717, 1.165) is 43.4 Å². The molecule has 6 rings (SSSR count). The van der Waals surface area contributed by atoms with Crippen LogP contribution in [-0.4, -0.2) is 17.9 Å². The molecule has 7 atom stereocenters. The Morgan fingerprint density at radius 1 is 1.04 bits per heavy atom. The van der Waals surface area contributed by atoms with Crippen molar-refractivity contribution in [2.75, 3.05) is 0 Å². The molecule has 0 bridgehead atoms. The average molecular weight is 383 g/mol. The van der Waals surface area contributed by atoms with Crippen LogP contribution >= 0.6 is 0 Å². The lowest BCUT2D eigenvalue weighted by Crippen LogP contribution is -2.51. The van der Waals surface area contributed by atoms with Gasteiger partial charge in [0.1, 0.15) is 6.10 Å². The van der Waals surface area contributed by atoms with Gasteiger partial charge in [-0.2, -0.15) is 0 Å². The van der Waals surface area contributed by atoms with Gasteiger partial charge >= 0.3 is 5.97 Å². The number of rotatable bonds is 1. The van der Waals surface area contributed by atoms with Crippen molar-refractivity contribution in [2.45, 2.75) is 90.1 Å². The van der Waals surface area contributed by atoms with Crippen LogP contribution in [0.4, 0.5) is 0 Å². The predicted molar refractivity (Wildman–Crippen MR) is 106 cm³/mol. The van der Waals surface area contributed by atoms with Crippen molar-refractivity contribution in [1.82, 2.24) is 0 Å². The van der Waals surface area contributed by atoms with E-state index < -0.39 is 0 Å². The normalized spacial score (nSPS) is 48.5. The Bertz CT molecular complexity index is 747. The Morgan fingerprint density at radius 2 is 1.89 bits per heavy atom. The van der Waals surface area contributed by atoms with Gasteiger partial charge in [-0.15, -0.1) is 0 Å². The summed E-state index contributed by atoms with van der Waals surface area (Å²) in [6, 6.07) is 0. The topological polar surface area (TPSA) is 43.4 Å². The lowest BCUT2D eigenvalue weighted by molar-refractivity contribution is -0.145. The molecule has 0 amide bonds. The van der Waals surface area contributed by atoms with Crippen molar-refractivity contribution in [2.24, 2.45) is 40.4 Å². The fourth-order valence-corrected chi connectivity index (χ4v) is 8.51. The van der Waals surface area contributed by atoms with Gasteiger partial charge < -0.3 is 4.74 Å². The van der Waals surface area contributed by atoms with Crippen LogP contribution < -0.4 is 0 Å². The maximum Gasteiger partial charge on any atom is 0.306 e. The van der Waals surface area contributed by atoms with Gasteiger partial charge in [-0.3, -0.25) is 9.59 Å². The van der Waals surface area contributed by atoms with Crippen LogP contribution in [0.3, 0.4) is 0 Å². The molecular weight excluding hydrogens is 348 g/mol. The van der Waals surface area contributed by atoms with E-state index in [0.29, 0.717) is 34.9 Å². The lowest BCUT2D eigenvalue weighted by Gasteiger charge is -2.58. The summed E-state index contributed by atoms with van der Waals surface area (Å²) in [5.74, 6) is 4.01. The second-order valence-electron chi connectivity index (χ2n) is 11.1. The molecule has 152 valence electrons. The van der Waals surface area contributed by atoms with E-state index >= 15 is 0 Å². The molecule has 0 radical (unpaired) electrons. The molecule has 4 saturated carbocycles. The van der Waals surface area contributed by atoms with E-state index in [2.05, 4.69) is 13.0 Å². The van der Waals surface area contributed by atoms with Gasteiger partial charge in [0.05, 0.1) is 0 Å². The smallest absolute Gasteiger partial charge is 0.306 e. The molecule has 0 aromatic rings. The standard InChI is InChI=1S/C25H34O3/c1-2-24-8-3-4-22(27)28-21-13-18(21)23(24)19-14-25(10-11-25)20-12-15(26)5-6-17(20)16(19)7-9-24/h12,16-19,21,23H,2-11,13-14H2,1H3/t16?,17?,18-,19?,21+,23?,24?/m0/s1. The summed E-state index contributed by atoms with van der Waals surface area (Å²) in [7, 11) is 0. The van der Waals surface area contributed by atoms with E-state index in [1.54, 1.807) is 5.57 Å². The highest BCUT2D eigenvalue weighted by molar-refractivity contribution is 5.91. The average Bonchev–Trinajstić information content (AvgIpc) is 3.60.